The topological polar surface area (TPSA) is 38.5 Å². The molecule has 0 bridgehead atoms. The van der Waals surface area contributed by atoms with E-state index in [4.69, 9.17) is 22.1 Å². The van der Waals surface area contributed by atoms with E-state index in [0.717, 1.165) is 30.3 Å². The van der Waals surface area contributed by atoms with E-state index in [1.165, 1.54) is 4.88 Å². The van der Waals surface area contributed by atoms with Gasteiger partial charge in [-0.1, -0.05) is 11.6 Å². The van der Waals surface area contributed by atoms with Crippen LogP contribution in [0.5, 0.6) is 0 Å². The molecule has 18 heavy (non-hydrogen) atoms. The molecule has 0 aromatic carbocycles. The van der Waals surface area contributed by atoms with E-state index in [2.05, 4.69) is 17.9 Å². The zero-order valence-corrected chi connectivity index (χ0v) is 12.5. The Morgan fingerprint density at radius 3 is 2.56 bits per heavy atom. The van der Waals surface area contributed by atoms with Crippen LogP contribution in [0.4, 0.5) is 0 Å². The lowest BCUT2D eigenvalue weighted by molar-refractivity contribution is 0.0240. The summed E-state index contributed by atoms with van der Waals surface area (Å²) in [6, 6.07) is 4.45. The van der Waals surface area contributed by atoms with Crippen molar-refractivity contribution in [3.63, 3.8) is 0 Å². The molecule has 3 nitrogen and oxygen atoms in total. The zero-order valence-electron chi connectivity index (χ0n) is 10.9. The van der Waals surface area contributed by atoms with Crippen LogP contribution in [-0.2, 0) is 4.74 Å². The Hall–Kier alpha value is -0.130. The molecule has 102 valence electrons. The zero-order chi connectivity index (χ0) is 13.1. The van der Waals surface area contributed by atoms with Crippen molar-refractivity contribution in [2.45, 2.75) is 38.0 Å². The lowest BCUT2D eigenvalue weighted by Crippen LogP contribution is -2.44. The fraction of sp³-hybridized carbons (Fsp3) is 0.692. The average Bonchev–Trinajstić information content (AvgIpc) is 2.76. The fourth-order valence-corrected chi connectivity index (χ4v) is 3.96. The van der Waals surface area contributed by atoms with Crippen LogP contribution >= 0.6 is 22.9 Å². The number of likely N-dealkylation sites (tertiary alicyclic amines) is 1. The molecular weight excluding hydrogens is 268 g/mol. The van der Waals surface area contributed by atoms with E-state index in [0.29, 0.717) is 6.10 Å². The first kappa shape index (κ1) is 14.3. The molecule has 1 aromatic heterocycles. The van der Waals surface area contributed by atoms with Gasteiger partial charge < -0.3 is 10.5 Å². The normalized spacial score (nSPS) is 22.0. The van der Waals surface area contributed by atoms with Crippen LogP contribution in [-0.4, -0.2) is 37.2 Å². The minimum Gasteiger partial charge on any atom is -0.381 e. The van der Waals surface area contributed by atoms with Gasteiger partial charge in [0.1, 0.15) is 0 Å². The number of nitrogens with zero attached hydrogens (tertiary/aromatic N) is 1. The minimum atomic E-state index is 0.110. The lowest BCUT2D eigenvalue weighted by atomic mass is 10.0. The van der Waals surface area contributed by atoms with Gasteiger partial charge in [-0.3, -0.25) is 4.90 Å². The highest BCUT2D eigenvalue weighted by atomic mass is 35.5. The number of nitrogens with two attached hydrogens (primary N) is 1. The molecule has 1 aromatic rings. The molecule has 0 radical (unpaired) electrons. The van der Waals surface area contributed by atoms with E-state index in [9.17, 15) is 0 Å². The van der Waals surface area contributed by atoms with E-state index < -0.39 is 0 Å². The van der Waals surface area contributed by atoms with Gasteiger partial charge in [-0.15, -0.1) is 11.3 Å². The Morgan fingerprint density at radius 1 is 1.44 bits per heavy atom. The molecule has 2 atom stereocenters. The Morgan fingerprint density at radius 2 is 2.11 bits per heavy atom. The highest BCUT2D eigenvalue weighted by Crippen LogP contribution is 2.33. The number of ether oxygens (including phenoxy) is 1. The number of piperidine rings is 1. The van der Waals surface area contributed by atoms with E-state index in [1.54, 1.807) is 18.4 Å². The van der Waals surface area contributed by atoms with Gasteiger partial charge in [-0.2, -0.15) is 0 Å². The van der Waals surface area contributed by atoms with Crippen LogP contribution in [0.25, 0.3) is 0 Å². The van der Waals surface area contributed by atoms with Crippen molar-refractivity contribution in [2.24, 2.45) is 5.73 Å². The molecule has 2 N–H and O–H groups in total. The molecule has 1 saturated heterocycles. The standard InChI is InChI=1S/C13H21ClN2OS/c1-9(15)13(11-3-4-12(14)18-11)16-7-5-10(17-2)6-8-16/h3-4,9-10,13H,5-8,15H2,1-2H3. The molecule has 2 heterocycles. The molecule has 0 aliphatic carbocycles. The predicted octanol–water partition coefficient (Wildman–Crippen LogP) is 2.90. The van der Waals surface area contributed by atoms with Crippen LogP contribution in [0.15, 0.2) is 12.1 Å². The maximum absolute atomic E-state index is 6.17. The monoisotopic (exact) mass is 288 g/mol. The molecule has 1 fully saturated rings. The second-order valence-corrected chi connectivity index (χ2v) is 6.66. The van der Waals surface area contributed by atoms with Crippen LogP contribution in [0.1, 0.15) is 30.7 Å². The van der Waals surface area contributed by atoms with E-state index in [1.807, 2.05) is 6.07 Å². The average molecular weight is 289 g/mol. The smallest absolute Gasteiger partial charge is 0.0931 e. The quantitative estimate of drug-likeness (QED) is 0.926. The SMILES string of the molecule is COC1CCN(C(c2ccc(Cl)s2)C(C)N)CC1. The number of hydrogen-bond donors (Lipinski definition) is 1. The maximum Gasteiger partial charge on any atom is 0.0931 e. The van der Waals surface area contributed by atoms with Crippen LogP contribution < -0.4 is 5.73 Å². The largest absolute Gasteiger partial charge is 0.381 e. The highest BCUT2D eigenvalue weighted by Gasteiger charge is 2.29. The van der Waals surface area contributed by atoms with Crippen molar-refractivity contribution in [1.29, 1.82) is 0 Å². The third kappa shape index (κ3) is 3.25. The van der Waals surface area contributed by atoms with Gasteiger partial charge >= 0.3 is 0 Å². The van der Waals surface area contributed by atoms with Gasteiger partial charge in [0.05, 0.1) is 16.5 Å². The molecule has 2 rings (SSSR count). The molecule has 5 heteroatoms. The Labute approximate surface area is 118 Å². The van der Waals surface area contributed by atoms with Crippen molar-refractivity contribution >= 4 is 22.9 Å². The summed E-state index contributed by atoms with van der Waals surface area (Å²) in [6.07, 6.45) is 2.57. The van der Waals surface area contributed by atoms with Crippen molar-refractivity contribution in [1.82, 2.24) is 4.90 Å². The number of thiophene rings is 1. The van der Waals surface area contributed by atoms with Crippen molar-refractivity contribution in [3.8, 4) is 0 Å². The predicted molar refractivity (Wildman–Crippen MR) is 77.3 cm³/mol. The number of methoxy groups -OCH3 is 1. The minimum absolute atomic E-state index is 0.110. The van der Waals surface area contributed by atoms with Crippen LogP contribution in [0.2, 0.25) is 4.34 Å². The first-order valence-electron chi connectivity index (χ1n) is 6.39. The first-order chi connectivity index (χ1) is 8.61. The number of rotatable bonds is 4. The van der Waals surface area contributed by atoms with Crippen LogP contribution in [0.3, 0.4) is 0 Å². The van der Waals surface area contributed by atoms with Gasteiger partial charge in [0.15, 0.2) is 0 Å². The fourth-order valence-electron chi connectivity index (χ4n) is 2.65. The Bertz CT molecular complexity index is 375. The third-order valence-electron chi connectivity index (χ3n) is 3.59. The van der Waals surface area contributed by atoms with Gasteiger partial charge in [0.25, 0.3) is 0 Å². The highest BCUT2D eigenvalue weighted by molar-refractivity contribution is 7.16. The summed E-state index contributed by atoms with van der Waals surface area (Å²) in [4.78, 5) is 3.73. The van der Waals surface area contributed by atoms with Gasteiger partial charge in [0, 0.05) is 31.1 Å². The summed E-state index contributed by atoms with van der Waals surface area (Å²) < 4.78 is 6.25. The third-order valence-corrected chi connectivity index (χ3v) is 4.89. The second-order valence-electron chi connectivity index (χ2n) is 4.92. The number of hydrogen-bond acceptors (Lipinski definition) is 4. The van der Waals surface area contributed by atoms with E-state index in [-0.39, 0.29) is 12.1 Å². The molecule has 0 spiro atoms. The maximum atomic E-state index is 6.17. The molecule has 1 aliphatic heterocycles. The van der Waals surface area contributed by atoms with E-state index >= 15 is 0 Å². The van der Waals surface area contributed by atoms with Crippen molar-refractivity contribution in [3.05, 3.63) is 21.3 Å². The van der Waals surface area contributed by atoms with Crippen LogP contribution in [0, 0.1) is 0 Å². The van der Waals surface area contributed by atoms with Crippen molar-refractivity contribution < 1.29 is 4.74 Å². The van der Waals surface area contributed by atoms with Gasteiger partial charge in [-0.25, -0.2) is 0 Å². The van der Waals surface area contributed by atoms with Gasteiger partial charge in [0.2, 0.25) is 0 Å². The summed E-state index contributed by atoms with van der Waals surface area (Å²) in [5.74, 6) is 0. The second kappa shape index (κ2) is 6.35. The summed E-state index contributed by atoms with van der Waals surface area (Å²) >= 11 is 7.67. The summed E-state index contributed by atoms with van der Waals surface area (Å²) in [5.41, 5.74) is 6.17. The van der Waals surface area contributed by atoms with Gasteiger partial charge in [-0.05, 0) is 31.9 Å². The summed E-state index contributed by atoms with van der Waals surface area (Å²) in [7, 11) is 1.79. The van der Waals surface area contributed by atoms with Crippen molar-refractivity contribution in [2.75, 3.05) is 20.2 Å². The first-order valence-corrected chi connectivity index (χ1v) is 7.59. The summed E-state index contributed by atoms with van der Waals surface area (Å²) in [6.45, 7) is 4.15. The molecule has 0 saturated carbocycles. The Kier molecular flexibility index (Phi) is 5.04. The molecule has 2 unspecified atom stereocenters. The molecular formula is C13H21ClN2OS. The molecule has 0 amide bonds. The lowest BCUT2D eigenvalue weighted by Gasteiger charge is -2.38. The molecule has 1 aliphatic rings. The summed E-state index contributed by atoms with van der Waals surface area (Å²) in [5, 5.41) is 0. The Balaban J connectivity index is 2.07. The number of halogens is 1.